The topological polar surface area (TPSA) is 34.1 Å². The van der Waals surface area contributed by atoms with Crippen LogP contribution in [0.1, 0.15) is 29.5 Å². The van der Waals surface area contributed by atoms with Crippen molar-refractivity contribution in [3.63, 3.8) is 0 Å². The molecule has 1 aliphatic carbocycles. The highest BCUT2D eigenvalue weighted by atomic mass is 19.1. The molecule has 0 heterocycles. The average Bonchev–Trinajstić information content (AvgIpc) is 3.35. The molecule has 124 valence electrons. The van der Waals surface area contributed by atoms with E-state index < -0.39 is 5.41 Å². The van der Waals surface area contributed by atoms with E-state index in [1.54, 1.807) is 31.2 Å². The number of hydrogen-bond donors (Lipinski definition) is 0. The third kappa shape index (κ3) is 3.28. The third-order valence-electron chi connectivity index (χ3n) is 4.70. The van der Waals surface area contributed by atoms with E-state index in [0.29, 0.717) is 29.5 Å². The SMILES string of the molecule is Cc1ccc(CC(=O)C2(C(=O)Cc3ccc(F)cc3)CC2)cc1F. The first-order valence-electron chi connectivity index (χ1n) is 7.97. The quantitative estimate of drug-likeness (QED) is 0.752. The summed E-state index contributed by atoms with van der Waals surface area (Å²) in [6, 6.07) is 10.4. The lowest BCUT2D eigenvalue weighted by atomic mass is 9.88. The maximum atomic E-state index is 13.6. The maximum Gasteiger partial charge on any atom is 0.150 e. The van der Waals surface area contributed by atoms with Gasteiger partial charge in [0.1, 0.15) is 11.6 Å². The largest absolute Gasteiger partial charge is 0.298 e. The van der Waals surface area contributed by atoms with Crippen molar-refractivity contribution >= 4 is 11.6 Å². The molecule has 0 aliphatic heterocycles. The summed E-state index contributed by atoms with van der Waals surface area (Å²) in [4.78, 5) is 25.1. The Kier molecular flexibility index (Phi) is 4.31. The molecule has 3 rings (SSSR count). The molecule has 0 unspecified atom stereocenters. The monoisotopic (exact) mass is 328 g/mol. The second-order valence-electron chi connectivity index (χ2n) is 6.49. The van der Waals surface area contributed by atoms with Gasteiger partial charge in [-0.05, 0) is 54.7 Å². The zero-order valence-corrected chi connectivity index (χ0v) is 13.4. The number of ketones is 2. The van der Waals surface area contributed by atoms with Crippen LogP contribution in [0.3, 0.4) is 0 Å². The molecule has 2 nitrogen and oxygen atoms in total. The molecule has 0 radical (unpaired) electrons. The van der Waals surface area contributed by atoms with Gasteiger partial charge in [-0.3, -0.25) is 9.59 Å². The number of benzene rings is 2. The minimum absolute atomic E-state index is 0.0619. The van der Waals surface area contributed by atoms with E-state index in [0.717, 1.165) is 0 Å². The number of carbonyl (C=O) groups is 2. The molecule has 0 saturated heterocycles. The van der Waals surface area contributed by atoms with E-state index in [4.69, 9.17) is 0 Å². The van der Waals surface area contributed by atoms with E-state index in [-0.39, 0.29) is 36.0 Å². The van der Waals surface area contributed by atoms with Crippen LogP contribution in [0, 0.1) is 24.0 Å². The highest BCUT2D eigenvalue weighted by Gasteiger charge is 2.54. The first kappa shape index (κ1) is 16.5. The van der Waals surface area contributed by atoms with E-state index in [2.05, 4.69) is 0 Å². The second-order valence-corrected chi connectivity index (χ2v) is 6.49. The van der Waals surface area contributed by atoms with Gasteiger partial charge in [-0.1, -0.05) is 24.3 Å². The highest BCUT2D eigenvalue weighted by molar-refractivity contribution is 6.10. The Bertz CT molecular complexity index is 790. The molecule has 0 spiro atoms. The number of hydrogen-bond acceptors (Lipinski definition) is 2. The lowest BCUT2D eigenvalue weighted by molar-refractivity contribution is -0.133. The molecular formula is C20H18F2O2. The van der Waals surface area contributed by atoms with Crippen LogP contribution < -0.4 is 0 Å². The van der Waals surface area contributed by atoms with Crippen molar-refractivity contribution in [2.45, 2.75) is 32.6 Å². The predicted octanol–water partition coefficient (Wildman–Crippen LogP) is 3.98. The van der Waals surface area contributed by atoms with Gasteiger partial charge in [0.2, 0.25) is 0 Å². The third-order valence-corrected chi connectivity index (χ3v) is 4.70. The molecule has 0 bridgehead atoms. The summed E-state index contributed by atoms with van der Waals surface area (Å²) in [5.41, 5.74) is 0.876. The Balaban J connectivity index is 1.70. The summed E-state index contributed by atoms with van der Waals surface area (Å²) in [6.07, 6.45) is 1.26. The summed E-state index contributed by atoms with van der Waals surface area (Å²) in [7, 11) is 0. The van der Waals surface area contributed by atoms with Crippen molar-refractivity contribution in [2.75, 3.05) is 0 Å². The van der Waals surface area contributed by atoms with Gasteiger partial charge < -0.3 is 0 Å². The Labute approximate surface area is 139 Å². The minimum atomic E-state index is -0.935. The van der Waals surface area contributed by atoms with Crippen LogP contribution in [0.4, 0.5) is 8.78 Å². The smallest absolute Gasteiger partial charge is 0.150 e. The summed E-state index contributed by atoms with van der Waals surface area (Å²) in [5.74, 6) is -0.989. The maximum absolute atomic E-state index is 13.6. The fraction of sp³-hybridized carbons (Fsp3) is 0.300. The van der Waals surface area contributed by atoms with E-state index in [9.17, 15) is 18.4 Å². The van der Waals surface area contributed by atoms with Crippen LogP contribution in [0.25, 0.3) is 0 Å². The zero-order chi connectivity index (χ0) is 17.3. The fourth-order valence-electron chi connectivity index (χ4n) is 2.90. The molecular weight excluding hydrogens is 310 g/mol. The summed E-state index contributed by atoms with van der Waals surface area (Å²) in [5, 5.41) is 0. The van der Waals surface area contributed by atoms with Crippen LogP contribution in [-0.2, 0) is 22.4 Å². The van der Waals surface area contributed by atoms with Gasteiger partial charge in [0, 0.05) is 12.8 Å². The van der Waals surface area contributed by atoms with Crippen LogP contribution in [0.2, 0.25) is 0 Å². The Hall–Kier alpha value is -2.36. The Morgan fingerprint density at radius 3 is 2.00 bits per heavy atom. The number of rotatable bonds is 6. The first-order valence-corrected chi connectivity index (χ1v) is 7.97. The number of Topliss-reactive ketones (excluding diaryl/α,β-unsaturated/α-hetero) is 2. The van der Waals surface area contributed by atoms with Crippen LogP contribution >= 0.6 is 0 Å². The molecule has 1 aliphatic rings. The number of carbonyl (C=O) groups excluding carboxylic acids is 2. The standard InChI is InChI=1S/C20H18F2O2/c1-13-2-3-15(10-17(13)22)12-19(24)20(8-9-20)18(23)11-14-4-6-16(21)7-5-14/h2-7,10H,8-9,11-12H2,1H3. The van der Waals surface area contributed by atoms with Crippen LogP contribution in [0.5, 0.6) is 0 Å². The van der Waals surface area contributed by atoms with Gasteiger partial charge in [0.15, 0.2) is 11.6 Å². The van der Waals surface area contributed by atoms with Crippen LogP contribution in [-0.4, -0.2) is 11.6 Å². The van der Waals surface area contributed by atoms with E-state index >= 15 is 0 Å². The summed E-state index contributed by atoms with van der Waals surface area (Å²) < 4.78 is 26.5. The average molecular weight is 328 g/mol. The number of aryl methyl sites for hydroxylation is 1. The zero-order valence-electron chi connectivity index (χ0n) is 13.4. The highest BCUT2D eigenvalue weighted by Crippen LogP contribution is 2.48. The molecule has 2 aromatic rings. The number of halogens is 2. The normalized spacial score (nSPS) is 15.1. The van der Waals surface area contributed by atoms with Gasteiger partial charge >= 0.3 is 0 Å². The van der Waals surface area contributed by atoms with Crippen LogP contribution in [0.15, 0.2) is 42.5 Å². The molecule has 24 heavy (non-hydrogen) atoms. The predicted molar refractivity (Wildman–Crippen MR) is 86.6 cm³/mol. The van der Waals surface area contributed by atoms with Crippen molar-refractivity contribution in [1.29, 1.82) is 0 Å². The van der Waals surface area contributed by atoms with Crippen molar-refractivity contribution in [2.24, 2.45) is 5.41 Å². The lowest BCUT2D eigenvalue weighted by Gasteiger charge is -2.13. The minimum Gasteiger partial charge on any atom is -0.298 e. The van der Waals surface area contributed by atoms with Crippen molar-refractivity contribution in [3.8, 4) is 0 Å². The fourth-order valence-corrected chi connectivity index (χ4v) is 2.90. The van der Waals surface area contributed by atoms with Gasteiger partial charge in [-0.2, -0.15) is 0 Å². The molecule has 2 aromatic carbocycles. The summed E-state index contributed by atoms with van der Waals surface area (Å²) in [6.45, 7) is 1.66. The van der Waals surface area contributed by atoms with Gasteiger partial charge in [-0.15, -0.1) is 0 Å². The molecule has 1 fully saturated rings. The molecule has 0 aromatic heterocycles. The molecule has 0 amide bonds. The van der Waals surface area contributed by atoms with Gasteiger partial charge in [0.05, 0.1) is 5.41 Å². The van der Waals surface area contributed by atoms with Gasteiger partial charge in [-0.25, -0.2) is 8.78 Å². The second kappa shape index (κ2) is 6.27. The van der Waals surface area contributed by atoms with Gasteiger partial charge in [0.25, 0.3) is 0 Å². The summed E-state index contributed by atoms with van der Waals surface area (Å²) >= 11 is 0. The van der Waals surface area contributed by atoms with Crippen molar-refractivity contribution in [3.05, 3.63) is 70.8 Å². The molecule has 4 heteroatoms. The van der Waals surface area contributed by atoms with E-state index in [1.165, 1.54) is 18.2 Å². The molecule has 0 N–H and O–H groups in total. The van der Waals surface area contributed by atoms with Crippen molar-refractivity contribution < 1.29 is 18.4 Å². The molecule has 1 saturated carbocycles. The first-order chi connectivity index (χ1) is 11.4. The van der Waals surface area contributed by atoms with E-state index in [1.807, 2.05) is 0 Å². The molecule has 0 atom stereocenters. The Morgan fingerprint density at radius 2 is 1.46 bits per heavy atom. The lowest BCUT2D eigenvalue weighted by Crippen LogP contribution is -2.29. The Morgan fingerprint density at radius 1 is 0.917 bits per heavy atom. The van der Waals surface area contributed by atoms with Crippen molar-refractivity contribution in [1.82, 2.24) is 0 Å².